The number of nitrogens with zero attached hydrogens (tertiary/aromatic N) is 2. The van der Waals surface area contributed by atoms with E-state index in [9.17, 15) is 56.3 Å². The minimum absolute atomic E-state index is 0.0659. The van der Waals surface area contributed by atoms with E-state index in [0.717, 1.165) is 84.4 Å². The maximum atomic E-state index is 14.6. The third kappa shape index (κ3) is 12.2. The fourth-order valence-electron chi connectivity index (χ4n) is 8.79. The quantitative estimate of drug-likeness (QED) is 0.0294. The van der Waals surface area contributed by atoms with Crippen LogP contribution in [-0.4, -0.2) is 88.2 Å². The number of nitrogens with one attached hydrogen (secondary N) is 4. The summed E-state index contributed by atoms with van der Waals surface area (Å²) in [5.41, 5.74) is 9.87. The Morgan fingerprint density at radius 3 is 1.67 bits per heavy atom. The van der Waals surface area contributed by atoms with Gasteiger partial charge in [0, 0.05) is 16.4 Å². The van der Waals surface area contributed by atoms with Gasteiger partial charge in [-0.3, -0.25) is 68.4 Å². The zero-order chi connectivity index (χ0) is 51.6. The highest BCUT2D eigenvalue weighted by molar-refractivity contribution is 14.1. The summed E-state index contributed by atoms with van der Waals surface area (Å²) in [6.45, 7) is 0.813. The Morgan fingerprint density at radius 2 is 1.14 bits per heavy atom. The molecular formula is C51H51F3IN7O10. The average Bonchev–Trinajstić information content (AvgIpc) is 3.74. The van der Waals surface area contributed by atoms with Crippen molar-refractivity contribution < 1.29 is 61.2 Å². The summed E-state index contributed by atoms with van der Waals surface area (Å²) in [5, 5.41) is 6.84. The van der Waals surface area contributed by atoms with Crippen molar-refractivity contribution in [3.63, 3.8) is 0 Å². The number of nitrogens with two attached hydrogens (primary N) is 1. The highest BCUT2D eigenvalue weighted by atomic mass is 127. The molecule has 0 aliphatic carbocycles. The molecule has 4 aliphatic rings. The molecule has 8 rings (SSSR count). The predicted molar refractivity (Wildman–Crippen MR) is 262 cm³/mol. The van der Waals surface area contributed by atoms with Crippen molar-refractivity contribution in [1.82, 2.24) is 25.9 Å². The van der Waals surface area contributed by atoms with Gasteiger partial charge in [0.1, 0.15) is 17.9 Å². The van der Waals surface area contributed by atoms with Gasteiger partial charge in [-0.25, -0.2) is 18.7 Å². The summed E-state index contributed by atoms with van der Waals surface area (Å²) in [5.74, 6) is -8.05. The van der Waals surface area contributed by atoms with E-state index in [2.05, 4.69) is 21.4 Å². The second kappa shape index (κ2) is 24.0. The Balaban J connectivity index is 0.000000264. The van der Waals surface area contributed by atoms with E-state index in [1.807, 2.05) is 34.7 Å². The average molecular weight is 1110 g/mol. The van der Waals surface area contributed by atoms with E-state index < -0.39 is 82.5 Å². The van der Waals surface area contributed by atoms with Crippen LogP contribution < -0.4 is 27.2 Å². The van der Waals surface area contributed by atoms with Gasteiger partial charge in [-0.15, -0.1) is 0 Å². The summed E-state index contributed by atoms with van der Waals surface area (Å²) in [4.78, 5) is 118. The first-order chi connectivity index (χ1) is 34.6. The van der Waals surface area contributed by atoms with E-state index in [1.54, 1.807) is 30.3 Å². The summed E-state index contributed by atoms with van der Waals surface area (Å²) < 4.78 is 43.4. The van der Waals surface area contributed by atoms with E-state index in [4.69, 9.17) is 10.6 Å². The third-order valence-electron chi connectivity index (χ3n) is 12.6. The number of anilines is 2. The number of hydroxylamine groups is 1. The second-order valence-corrected chi connectivity index (χ2v) is 18.8. The lowest BCUT2D eigenvalue weighted by atomic mass is 10.0. The molecule has 17 nitrogen and oxygen atoms in total. The van der Waals surface area contributed by atoms with Gasteiger partial charge in [-0.2, -0.15) is 0 Å². The van der Waals surface area contributed by atoms with Gasteiger partial charge in [0.05, 0.1) is 45.8 Å². The summed E-state index contributed by atoms with van der Waals surface area (Å²) >= 11 is 1.91. The molecule has 0 radical (unpaired) electrons. The number of hydrogen-bond donors (Lipinski definition) is 5. The van der Waals surface area contributed by atoms with Crippen molar-refractivity contribution in [2.75, 3.05) is 18.5 Å². The highest BCUT2D eigenvalue weighted by Gasteiger charge is 2.46. The Bertz CT molecular complexity index is 2850. The smallest absolute Gasteiger partial charge is 0.277 e. The van der Waals surface area contributed by atoms with Crippen LogP contribution >= 0.6 is 22.6 Å². The number of carbonyl (C=O) groups is 9. The molecule has 4 aromatic rings. The lowest BCUT2D eigenvalue weighted by molar-refractivity contribution is -0.137. The lowest BCUT2D eigenvalue weighted by Gasteiger charge is -2.27. The van der Waals surface area contributed by atoms with Gasteiger partial charge in [0.2, 0.25) is 23.6 Å². The van der Waals surface area contributed by atoms with Gasteiger partial charge in [0.25, 0.3) is 29.5 Å². The molecule has 2 atom stereocenters. The van der Waals surface area contributed by atoms with Gasteiger partial charge in [-0.05, 0) is 146 Å². The monoisotopic (exact) mass is 1110 g/mol. The molecule has 0 saturated carbocycles. The first-order valence-corrected chi connectivity index (χ1v) is 24.7. The largest absolute Gasteiger partial charge is 0.350 e. The Morgan fingerprint density at radius 1 is 0.625 bits per heavy atom. The number of carbonyl (C=O) groups excluding carboxylic acids is 9. The second-order valence-electron chi connectivity index (χ2n) is 17.6. The summed E-state index contributed by atoms with van der Waals surface area (Å²) in [6, 6.07) is 14.4. The first-order valence-electron chi connectivity index (χ1n) is 23.6. The van der Waals surface area contributed by atoms with Crippen molar-refractivity contribution in [3.8, 4) is 0 Å². The minimum atomic E-state index is -1.32. The Kier molecular flexibility index (Phi) is 17.7. The number of benzene rings is 4. The predicted octanol–water partition coefficient (Wildman–Crippen LogP) is 6.47. The molecule has 9 amide bonds. The molecule has 2 unspecified atom stereocenters. The molecule has 2 saturated heterocycles. The zero-order valence-corrected chi connectivity index (χ0v) is 41.0. The van der Waals surface area contributed by atoms with Crippen LogP contribution in [0.5, 0.6) is 0 Å². The number of halogens is 4. The van der Waals surface area contributed by atoms with Crippen molar-refractivity contribution in [2.45, 2.75) is 102 Å². The van der Waals surface area contributed by atoms with E-state index in [-0.39, 0.29) is 60.6 Å². The molecule has 2 fully saturated rings. The van der Waals surface area contributed by atoms with Crippen LogP contribution in [0.4, 0.5) is 24.5 Å². The van der Waals surface area contributed by atoms with E-state index >= 15 is 0 Å². The third-order valence-corrected chi connectivity index (χ3v) is 13.3. The molecule has 378 valence electrons. The molecule has 0 spiro atoms. The maximum absolute atomic E-state index is 14.6. The van der Waals surface area contributed by atoms with Crippen molar-refractivity contribution in [2.24, 2.45) is 5.73 Å². The molecule has 4 heterocycles. The van der Waals surface area contributed by atoms with Crippen LogP contribution in [0.2, 0.25) is 0 Å². The molecule has 0 bridgehead atoms. The Labute approximate surface area is 425 Å². The fourth-order valence-corrected chi connectivity index (χ4v) is 9.24. The van der Waals surface area contributed by atoms with E-state index in [1.165, 1.54) is 12.1 Å². The molecule has 21 heteroatoms. The standard InChI is InChI=1S/C34H32F3IN4O6.C17H19N3O4/c35-24-12-11-22(30(29(24)37)39-26-13-9-20(38)18-25(26)36)31(44)41-48-16-6-4-2-1-3-5-7-19-8-10-21-23(17-19)34(47)42(33(21)46)27-14-15-28(43)40-32(27)45;18-8-2-1-3-10-4-5-11-12(9-10)17(24)20(16(11)23)13-6-7-14(21)19-15(13)22/h8-13,17-18,27,39H,1-7,14-16H2,(H,41,44)(H,40,43,45);4-5,9,13H,1-3,6-8,18H2,(H,19,21,22). The van der Waals surface area contributed by atoms with Crippen molar-refractivity contribution in [3.05, 3.63) is 127 Å². The van der Waals surface area contributed by atoms with Crippen molar-refractivity contribution in [1.29, 1.82) is 0 Å². The molecule has 4 aromatic carbocycles. The maximum Gasteiger partial charge on any atom is 0.277 e. The van der Waals surface area contributed by atoms with Crippen LogP contribution in [0.25, 0.3) is 0 Å². The molecular weight excluding hydrogens is 1050 g/mol. The molecule has 4 aliphatic heterocycles. The van der Waals surface area contributed by atoms with Gasteiger partial charge >= 0.3 is 0 Å². The van der Waals surface area contributed by atoms with Gasteiger partial charge < -0.3 is 11.1 Å². The number of unbranched alkanes of at least 4 members (excludes halogenated alkanes) is 6. The summed E-state index contributed by atoms with van der Waals surface area (Å²) in [7, 11) is 0. The van der Waals surface area contributed by atoms with Crippen LogP contribution in [0.1, 0.15) is 140 Å². The van der Waals surface area contributed by atoms with Crippen LogP contribution in [-0.2, 0) is 36.9 Å². The first kappa shape index (κ1) is 53.0. The Hall–Kier alpha value is -6.85. The van der Waals surface area contributed by atoms with Gasteiger partial charge in [-0.1, -0.05) is 37.8 Å². The van der Waals surface area contributed by atoms with Crippen LogP contribution in [0, 0.1) is 21.0 Å². The lowest BCUT2D eigenvalue weighted by Crippen LogP contribution is -2.54. The van der Waals surface area contributed by atoms with Crippen molar-refractivity contribution >= 4 is 87.1 Å². The molecule has 0 aromatic heterocycles. The topological polar surface area (TPSA) is 243 Å². The minimum Gasteiger partial charge on any atom is -0.350 e. The number of piperidine rings is 2. The number of amides is 9. The fraction of sp³-hybridized carbons (Fsp3) is 0.353. The SMILES string of the molecule is NCCCCc1ccc2c(c1)C(=O)N(C1CCC(=O)NC1=O)C2=O.O=C1CCC(N2C(=O)c3ccc(CCCCCCCCONC(=O)c4ccc(F)c(F)c4Nc4ccc(I)cc4F)cc3C2=O)C(=O)N1. The number of fused-ring (bicyclic) bond motifs is 2. The zero-order valence-electron chi connectivity index (χ0n) is 38.9. The summed E-state index contributed by atoms with van der Waals surface area (Å²) in [6.07, 6.45) is 8.86. The number of rotatable bonds is 19. The highest BCUT2D eigenvalue weighted by Crippen LogP contribution is 2.32. The normalized spacial score (nSPS) is 17.3. The van der Waals surface area contributed by atoms with Crippen LogP contribution in [0.3, 0.4) is 0 Å². The number of aryl methyl sites for hydroxylation is 2. The van der Waals surface area contributed by atoms with Crippen LogP contribution in [0.15, 0.2) is 66.7 Å². The number of imide groups is 4. The van der Waals surface area contributed by atoms with Gasteiger partial charge in [0.15, 0.2) is 11.6 Å². The van der Waals surface area contributed by atoms with E-state index in [0.29, 0.717) is 34.1 Å². The molecule has 6 N–H and O–H groups in total. The molecule has 72 heavy (non-hydrogen) atoms. The number of hydrogen-bond acceptors (Lipinski definition) is 12.